The number of unbranched alkanes of at least 4 members (excludes halogenated alkanes) is 27. The van der Waals surface area contributed by atoms with Crippen LogP contribution in [0.25, 0.3) is 0 Å². The smallest absolute Gasteiger partial charge is 0.306 e. The molecule has 6 N–H and O–H groups in total. The summed E-state index contributed by atoms with van der Waals surface area (Å²) in [6.45, 7) is 5.58. The molecule has 0 bridgehead atoms. The summed E-state index contributed by atoms with van der Waals surface area (Å²) >= 11 is 0. The summed E-state index contributed by atoms with van der Waals surface area (Å²) < 4.78 is 17.5. The van der Waals surface area contributed by atoms with Crippen LogP contribution in [-0.4, -0.2) is 99.6 Å². The van der Waals surface area contributed by atoms with Crippen LogP contribution >= 0.6 is 0 Å². The van der Waals surface area contributed by atoms with E-state index < -0.39 is 67.4 Å². The van der Waals surface area contributed by atoms with Gasteiger partial charge in [-0.15, -0.1) is 0 Å². The Hall–Kier alpha value is -3.42. The number of rotatable bonds is 51. The Morgan fingerprint density at radius 2 is 0.987 bits per heavy atom. The van der Waals surface area contributed by atoms with Crippen LogP contribution in [0.1, 0.15) is 245 Å². The fourth-order valence-electron chi connectivity index (χ4n) is 9.18. The van der Waals surface area contributed by atoms with Crippen molar-refractivity contribution in [1.29, 1.82) is 0 Å². The standard InChI is InChI=1S/C66H113NO10/c1-4-7-10-13-16-19-22-25-26-27-28-29-30-31-32-33-36-38-41-44-47-50-53-59(70)65(74)67-57(58(69)52-49-46-43-40-37-34-23-20-17-14-11-8-5-2)56-75-66-64(63(73)62(72)60(55-68)76-66)77-61(71)54-51-48-45-42-39-35-24-21-18-15-12-9-6-3/h9,12,15-16,18-19,21,24-26,35,39,42,45,49,52,57-60,62-64,66,68-70,72-73H,4-8,10-11,13-14,17,20,22-23,27-34,36-38,40-41,43-44,46-48,50-51,53-56H2,1-3H3,(H,67,74)/b12-9+,18-15+,19-16-,24-21-,26-25-,39-35-,45-42+,52-49+. The lowest BCUT2D eigenvalue weighted by atomic mass is 9.99. The average molecular weight is 1080 g/mol. The van der Waals surface area contributed by atoms with Crippen LogP contribution in [0, 0.1) is 0 Å². The number of esters is 1. The number of carbonyl (C=O) groups excluding carboxylic acids is 2. The van der Waals surface area contributed by atoms with Crippen molar-refractivity contribution >= 4 is 11.9 Å². The van der Waals surface area contributed by atoms with Gasteiger partial charge in [-0.05, 0) is 70.6 Å². The molecule has 1 fully saturated rings. The lowest BCUT2D eigenvalue weighted by Gasteiger charge is -2.41. The molecule has 8 atom stereocenters. The van der Waals surface area contributed by atoms with Crippen LogP contribution in [0.2, 0.25) is 0 Å². The Balaban J connectivity index is 2.69. The SMILES string of the molecule is CC/C=C/C=C/C=C\C=C/C=C/CCCC(=O)OC1C(OCC(NC(=O)C(O)CCCCCCCCCCCCCC/C=C\C/C=C\CCCCC)C(O)/C=C/CCCCCCCCCCCCC)OC(CO)C(O)C1O. The Morgan fingerprint density at radius 1 is 0.532 bits per heavy atom. The van der Waals surface area contributed by atoms with Gasteiger partial charge >= 0.3 is 5.97 Å². The molecule has 442 valence electrons. The first-order valence-corrected chi connectivity index (χ1v) is 31.1. The molecule has 11 heteroatoms. The van der Waals surface area contributed by atoms with E-state index in [1.165, 1.54) is 135 Å². The van der Waals surface area contributed by atoms with E-state index >= 15 is 0 Å². The van der Waals surface area contributed by atoms with Crippen LogP contribution in [0.3, 0.4) is 0 Å². The molecule has 0 saturated carbocycles. The molecular formula is C66H113NO10. The van der Waals surface area contributed by atoms with Gasteiger partial charge in [0.1, 0.15) is 24.4 Å². The first kappa shape index (κ1) is 71.6. The van der Waals surface area contributed by atoms with Crippen molar-refractivity contribution in [3.8, 4) is 0 Å². The zero-order valence-electron chi connectivity index (χ0n) is 48.8. The van der Waals surface area contributed by atoms with Gasteiger partial charge in [0, 0.05) is 6.42 Å². The number of aliphatic hydroxyl groups is 5. The van der Waals surface area contributed by atoms with Crippen LogP contribution in [0.15, 0.2) is 97.2 Å². The molecule has 0 radical (unpaired) electrons. The highest BCUT2D eigenvalue weighted by Gasteiger charge is 2.47. The lowest BCUT2D eigenvalue weighted by molar-refractivity contribution is -0.305. The fourth-order valence-corrected chi connectivity index (χ4v) is 9.18. The van der Waals surface area contributed by atoms with Gasteiger partial charge in [0.25, 0.3) is 0 Å². The number of hydrogen-bond donors (Lipinski definition) is 6. The molecule has 77 heavy (non-hydrogen) atoms. The number of nitrogens with one attached hydrogen (secondary N) is 1. The van der Waals surface area contributed by atoms with Crippen LogP contribution in [0.5, 0.6) is 0 Å². The molecule has 1 rings (SSSR count). The Kier molecular flexibility index (Phi) is 49.5. The maximum Gasteiger partial charge on any atom is 0.306 e. The van der Waals surface area contributed by atoms with Crippen molar-refractivity contribution in [3.05, 3.63) is 97.2 Å². The first-order valence-electron chi connectivity index (χ1n) is 31.1. The summed E-state index contributed by atoms with van der Waals surface area (Å²) in [5.74, 6) is -1.28. The van der Waals surface area contributed by atoms with Crippen molar-refractivity contribution in [2.75, 3.05) is 13.2 Å². The minimum atomic E-state index is -1.65. The van der Waals surface area contributed by atoms with Gasteiger partial charge in [-0.25, -0.2) is 0 Å². The molecule has 0 aromatic rings. The maximum absolute atomic E-state index is 13.4. The highest BCUT2D eigenvalue weighted by molar-refractivity contribution is 5.80. The molecule has 1 amide bonds. The number of ether oxygens (including phenoxy) is 3. The monoisotopic (exact) mass is 1080 g/mol. The molecular weight excluding hydrogens is 967 g/mol. The summed E-state index contributed by atoms with van der Waals surface area (Å²) in [6.07, 6.45) is 60.3. The van der Waals surface area contributed by atoms with Crippen molar-refractivity contribution in [2.45, 2.75) is 294 Å². The number of allylic oxidation sites excluding steroid dienone is 15. The molecule has 0 spiro atoms. The second kappa shape index (κ2) is 53.2. The number of carbonyl (C=O) groups is 2. The Labute approximate surface area is 469 Å². The van der Waals surface area contributed by atoms with E-state index in [2.05, 4.69) is 56.5 Å². The molecule has 0 aromatic carbocycles. The third-order valence-electron chi connectivity index (χ3n) is 14.1. The van der Waals surface area contributed by atoms with Crippen molar-refractivity contribution in [2.24, 2.45) is 0 Å². The van der Waals surface area contributed by atoms with E-state index in [-0.39, 0.29) is 19.4 Å². The second-order valence-electron chi connectivity index (χ2n) is 21.2. The third kappa shape index (κ3) is 41.3. The summed E-state index contributed by atoms with van der Waals surface area (Å²) in [6, 6.07) is -1.04. The summed E-state index contributed by atoms with van der Waals surface area (Å²) in [7, 11) is 0. The number of aliphatic hydroxyl groups excluding tert-OH is 5. The Morgan fingerprint density at radius 3 is 1.52 bits per heavy atom. The molecule has 1 saturated heterocycles. The van der Waals surface area contributed by atoms with Gasteiger partial charge in [-0.1, -0.05) is 266 Å². The maximum atomic E-state index is 13.4. The summed E-state index contributed by atoms with van der Waals surface area (Å²) in [5.41, 5.74) is 0. The van der Waals surface area contributed by atoms with Gasteiger partial charge < -0.3 is 45.1 Å². The van der Waals surface area contributed by atoms with Crippen molar-refractivity contribution in [3.63, 3.8) is 0 Å². The molecule has 11 nitrogen and oxygen atoms in total. The van der Waals surface area contributed by atoms with Gasteiger partial charge in [0.2, 0.25) is 5.91 Å². The Bertz CT molecular complexity index is 1620. The first-order chi connectivity index (χ1) is 37.7. The van der Waals surface area contributed by atoms with E-state index in [4.69, 9.17) is 14.2 Å². The van der Waals surface area contributed by atoms with Gasteiger partial charge in [-0.2, -0.15) is 0 Å². The van der Waals surface area contributed by atoms with E-state index in [0.29, 0.717) is 19.3 Å². The lowest BCUT2D eigenvalue weighted by Crippen LogP contribution is -2.61. The van der Waals surface area contributed by atoms with Crippen molar-refractivity contribution in [1.82, 2.24) is 5.32 Å². The van der Waals surface area contributed by atoms with Crippen LogP contribution in [-0.2, 0) is 23.8 Å². The summed E-state index contributed by atoms with van der Waals surface area (Å²) in [4.78, 5) is 26.5. The van der Waals surface area contributed by atoms with Crippen LogP contribution < -0.4 is 5.32 Å². The highest BCUT2D eigenvalue weighted by atomic mass is 16.7. The van der Waals surface area contributed by atoms with E-state index in [1.807, 2.05) is 60.8 Å². The van der Waals surface area contributed by atoms with Gasteiger partial charge in [0.15, 0.2) is 12.4 Å². The summed E-state index contributed by atoms with van der Waals surface area (Å²) in [5, 5.41) is 56.9. The largest absolute Gasteiger partial charge is 0.454 e. The molecule has 1 heterocycles. The average Bonchev–Trinajstić information content (AvgIpc) is 3.43. The van der Waals surface area contributed by atoms with E-state index in [1.54, 1.807) is 6.08 Å². The normalized spacial score (nSPS) is 19.7. The number of hydrogen-bond acceptors (Lipinski definition) is 10. The molecule has 1 aliphatic heterocycles. The highest BCUT2D eigenvalue weighted by Crippen LogP contribution is 2.26. The van der Waals surface area contributed by atoms with E-state index in [0.717, 1.165) is 57.8 Å². The zero-order chi connectivity index (χ0) is 56.1. The molecule has 0 aliphatic carbocycles. The van der Waals surface area contributed by atoms with Gasteiger partial charge in [-0.3, -0.25) is 9.59 Å². The van der Waals surface area contributed by atoms with Gasteiger partial charge in [0.05, 0.1) is 25.4 Å². The molecule has 8 unspecified atom stereocenters. The quantitative estimate of drug-likeness (QED) is 0.0149. The predicted octanol–water partition coefficient (Wildman–Crippen LogP) is 14.7. The van der Waals surface area contributed by atoms with Crippen molar-refractivity contribution < 1.29 is 49.3 Å². The molecule has 1 aliphatic rings. The third-order valence-corrected chi connectivity index (χ3v) is 14.1. The minimum Gasteiger partial charge on any atom is -0.454 e. The number of amides is 1. The predicted molar refractivity (Wildman–Crippen MR) is 319 cm³/mol. The second-order valence-corrected chi connectivity index (χ2v) is 21.2. The molecule has 0 aromatic heterocycles. The zero-order valence-corrected chi connectivity index (χ0v) is 48.8. The minimum absolute atomic E-state index is 0.0235. The van der Waals surface area contributed by atoms with E-state index in [9.17, 15) is 35.1 Å². The van der Waals surface area contributed by atoms with Crippen LogP contribution in [0.4, 0.5) is 0 Å². The topological polar surface area (TPSA) is 175 Å². The fraction of sp³-hybridized carbons (Fsp3) is 0.727.